The highest BCUT2D eigenvalue weighted by Crippen LogP contribution is 2.33. The number of carbonyl (C=O) groups excluding carboxylic acids is 4. The van der Waals surface area contributed by atoms with Crippen LogP contribution in [-0.4, -0.2) is 28.6 Å². The molecule has 0 heterocycles. The SMILES string of the molecule is C=C(C)C(=O)OOC(=O)/C(C)=C1/C(=O)c2cccc(C(C)O)c2C1=O. The van der Waals surface area contributed by atoms with Gasteiger partial charge in [0.25, 0.3) is 0 Å². The molecule has 0 bridgehead atoms. The third-order valence-electron chi connectivity index (χ3n) is 3.70. The van der Waals surface area contributed by atoms with Gasteiger partial charge in [-0.1, -0.05) is 24.8 Å². The van der Waals surface area contributed by atoms with Crippen molar-refractivity contribution in [2.75, 3.05) is 0 Å². The first kappa shape index (κ1) is 18.3. The van der Waals surface area contributed by atoms with Gasteiger partial charge < -0.3 is 5.11 Å². The monoisotopic (exact) mass is 344 g/mol. The summed E-state index contributed by atoms with van der Waals surface area (Å²) >= 11 is 0. The maximum atomic E-state index is 12.6. The number of hydrogen-bond acceptors (Lipinski definition) is 7. The van der Waals surface area contributed by atoms with Gasteiger partial charge in [-0.15, -0.1) is 0 Å². The van der Waals surface area contributed by atoms with Gasteiger partial charge in [0.2, 0.25) is 0 Å². The Morgan fingerprint density at radius 3 is 2.24 bits per heavy atom. The summed E-state index contributed by atoms with van der Waals surface area (Å²) < 4.78 is 0. The molecule has 0 amide bonds. The van der Waals surface area contributed by atoms with Crippen LogP contribution in [-0.2, 0) is 19.4 Å². The van der Waals surface area contributed by atoms with Crippen LogP contribution in [0.25, 0.3) is 0 Å². The first-order valence-electron chi connectivity index (χ1n) is 7.36. The number of rotatable bonds is 3. The van der Waals surface area contributed by atoms with Crippen LogP contribution < -0.4 is 0 Å². The second-order valence-electron chi connectivity index (χ2n) is 5.63. The fraction of sp³-hybridized carbons (Fsp3) is 0.222. The lowest BCUT2D eigenvalue weighted by molar-refractivity contribution is -0.252. The van der Waals surface area contributed by atoms with Crippen molar-refractivity contribution in [3.63, 3.8) is 0 Å². The highest BCUT2D eigenvalue weighted by molar-refractivity contribution is 6.41. The molecule has 25 heavy (non-hydrogen) atoms. The zero-order chi connectivity index (χ0) is 18.9. The minimum Gasteiger partial charge on any atom is -0.389 e. The highest BCUT2D eigenvalue weighted by Gasteiger charge is 2.38. The number of aliphatic hydroxyl groups excluding tert-OH is 1. The molecule has 1 aromatic carbocycles. The van der Waals surface area contributed by atoms with E-state index in [9.17, 15) is 24.3 Å². The maximum absolute atomic E-state index is 12.6. The summed E-state index contributed by atoms with van der Waals surface area (Å²) in [6, 6.07) is 4.51. The molecule has 0 fully saturated rings. The average Bonchev–Trinajstić information content (AvgIpc) is 2.82. The summed E-state index contributed by atoms with van der Waals surface area (Å²) in [4.78, 5) is 56.9. The lowest BCUT2D eigenvalue weighted by atomic mass is 9.99. The molecule has 0 spiro atoms. The Morgan fingerprint density at radius 2 is 1.68 bits per heavy atom. The molecule has 1 atom stereocenters. The molecule has 1 aromatic rings. The van der Waals surface area contributed by atoms with Gasteiger partial charge in [0, 0.05) is 16.7 Å². The number of Topliss-reactive ketones (excluding diaryl/α,β-unsaturated/α-hetero) is 2. The minimum atomic E-state index is -1.14. The third kappa shape index (κ3) is 3.27. The van der Waals surface area contributed by atoms with Crippen molar-refractivity contribution in [1.29, 1.82) is 0 Å². The zero-order valence-corrected chi connectivity index (χ0v) is 13.9. The Bertz CT molecular complexity index is 843. The summed E-state index contributed by atoms with van der Waals surface area (Å²) in [7, 11) is 0. The Morgan fingerprint density at radius 1 is 1.08 bits per heavy atom. The van der Waals surface area contributed by atoms with E-state index in [4.69, 9.17) is 0 Å². The van der Waals surface area contributed by atoms with Gasteiger partial charge in [-0.25, -0.2) is 19.4 Å². The van der Waals surface area contributed by atoms with E-state index in [0.717, 1.165) is 0 Å². The third-order valence-corrected chi connectivity index (χ3v) is 3.70. The Balaban J connectivity index is 2.38. The van der Waals surface area contributed by atoms with Gasteiger partial charge in [-0.05, 0) is 26.3 Å². The smallest absolute Gasteiger partial charge is 0.382 e. The van der Waals surface area contributed by atoms with Crippen LogP contribution in [0.1, 0.15) is 53.2 Å². The number of ketones is 2. The standard InChI is InChI=1S/C18H16O7/c1-8(2)17(22)24-25-18(23)9(3)13-15(20)12-7-5-6-11(10(4)19)14(12)16(13)21/h5-7,10,19H,1H2,2-4H3/b13-9-. The Labute approximate surface area is 143 Å². The predicted octanol–water partition coefficient (Wildman–Crippen LogP) is 2.01. The quantitative estimate of drug-likeness (QED) is 0.387. The summed E-state index contributed by atoms with van der Waals surface area (Å²) in [5, 5.41) is 9.79. The molecule has 130 valence electrons. The molecule has 1 unspecified atom stereocenters. The lowest BCUT2D eigenvalue weighted by Crippen LogP contribution is -2.16. The largest absolute Gasteiger partial charge is 0.389 e. The minimum absolute atomic E-state index is 0.0140. The first-order chi connectivity index (χ1) is 11.7. The fourth-order valence-corrected chi connectivity index (χ4v) is 2.38. The summed E-state index contributed by atoms with van der Waals surface area (Å²) in [6.07, 6.45) is -0.963. The van der Waals surface area contributed by atoms with Crippen LogP contribution in [0.2, 0.25) is 0 Å². The Kier molecular flexibility index (Phi) is 4.99. The molecule has 0 radical (unpaired) electrons. The lowest BCUT2D eigenvalue weighted by Gasteiger charge is -2.08. The van der Waals surface area contributed by atoms with Gasteiger partial charge in [-0.3, -0.25) is 9.59 Å². The Hall–Kier alpha value is -3.06. The van der Waals surface area contributed by atoms with Crippen LogP contribution in [0.5, 0.6) is 0 Å². The van der Waals surface area contributed by atoms with E-state index in [1.807, 2.05) is 0 Å². The molecule has 1 aliphatic rings. The van der Waals surface area contributed by atoms with Gasteiger partial charge in [-0.2, -0.15) is 0 Å². The molecule has 7 heteroatoms. The van der Waals surface area contributed by atoms with E-state index in [1.54, 1.807) is 0 Å². The van der Waals surface area contributed by atoms with E-state index in [0.29, 0.717) is 5.56 Å². The van der Waals surface area contributed by atoms with E-state index >= 15 is 0 Å². The van der Waals surface area contributed by atoms with Gasteiger partial charge in [0.1, 0.15) is 0 Å². The van der Waals surface area contributed by atoms with E-state index in [-0.39, 0.29) is 27.8 Å². The van der Waals surface area contributed by atoms with Gasteiger partial charge >= 0.3 is 11.9 Å². The van der Waals surface area contributed by atoms with Gasteiger partial charge in [0.15, 0.2) is 11.6 Å². The number of fused-ring (bicyclic) bond motifs is 1. The van der Waals surface area contributed by atoms with Crippen molar-refractivity contribution in [2.45, 2.75) is 26.9 Å². The molecule has 1 aliphatic carbocycles. The van der Waals surface area contributed by atoms with Crippen LogP contribution >= 0.6 is 0 Å². The van der Waals surface area contributed by atoms with Gasteiger partial charge in [0.05, 0.1) is 17.3 Å². The summed E-state index contributed by atoms with van der Waals surface area (Å²) in [6.45, 7) is 7.37. The zero-order valence-electron chi connectivity index (χ0n) is 13.9. The van der Waals surface area contributed by atoms with E-state index in [2.05, 4.69) is 16.4 Å². The average molecular weight is 344 g/mol. The topological polar surface area (TPSA) is 107 Å². The van der Waals surface area contributed by atoms with E-state index in [1.165, 1.54) is 39.0 Å². The van der Waals surface area contributed by atoms with Crippen LogP contribution in [0.3, 0.4) is 0 Å². The molecule has 7 nitrogen and oxygen atoms in total. The second kappa shape index (κ2) is 6.82. The van der Waals surface area contributed by atoms with Crippen molar-refractivity contribution in [3.8, 4) is 0 Å². The number of aliphatic hydroxyl groups is 1. The molecule has 1 N–H and O–H groups in total. The van der Waals surface area contributed by atoms with Crippen molar-refractivity contribution >= 4 is 23.5 Å². The van der Waals surface area contributed by atoms with Crippen LogP contribution in [0.15, 0.2) is 41.5 Å². The second-order valence-corrected chi connectivity index (χ2v) is 5.63. The molecular weight excluding hydrogens is 328 g/mol. The number of carbonyl (C=O) groups is 4. The molecular formula is C18H16O7. The number of hydrogen-bond donors (Lipinski definition) is 1. The number of benzene rings is 1. The molecule has 2 rings (SSSR count). The summed E-state index contributed by atoms with van der Waals surface area (Å²) in [5.41, 5.74) is -0.203. The summed E-state index contributed by atoms with van der Waals surface area (Å²) in [5.74, 6) is -3.42. The predicted molar refractivity (Wildman–Crippen MR) is 85.4 cm³/mol. The normalized spacial score (nSPS) is 16.2. The maximum Gasteiger partial charge on any atom is 0.382 e. The van der Waals surface area contributed by atoms with Crippen LogP contribution in [0.4, 0.5) is 0 Å². The molecule has 0 aromatic heterocycles. The fourth-order valence-electron chi connectivity index (χ4n) is 2.38. The number of allylic oxidation sites excluding steroid dienone is 1. The first-order valence-corrected chi connectivity index (χ1v) is 7.36. The van der Waals surface area contributed by atoms with Crippen molar-refractivity contribution in [1.82, 2.24) is 0 Å². The highest BCUT2D eigenvalue weighted by atomic mass is 17.2. The van der Waals surface area contributed by atoms with Crippen molar-refractivity contribution in [2.24, 2.45) is 0 Å². The van der Waals surface area contributed by atoms with E-state index < -0.39 is 29.6 Å². The van der Waals surface area contributed by atoms with Crippen molar-refractivity contribution in [3.05, 3.63) is 58.2 Å². The molecule has 0 saturated heterocycles. The van der Waals surface area contributed by atoms with Crippen molar-refractivity contribution < 1.29 is 34.1 Å². The van der Waals surface area contributed by atoms with Crippen LogP contribution in [0, 0.1) is 0 Å². The molecule has 0 aliphatic heterocycles. The molecule has 0 saturated carbocycles.